The summed E-state index contributed by atoms with van der Waals surface area (Å²) in [6.45, 7) is 0. The lowest BCUT2D eigenvalue weighted by molar-refractivity contribution is 0.179. The molecule has 0 amide bonds. The number of hydrogen-bond donors (Lipinski definition) is 1. The van der Waals surface area contributed by atoms with Crippen LogP contribution in [0.2, 0.25) is 5.22 Å². The van der Waals surface area contributed by atoms with E-state index in [1.807, 2.05) is 0 Å². The van der Waals surface area contributed by atoms with Crippen molar-refractivity contribution >= 4 is 27.5 Å². The molecule has 0 spiro atoms. The lowest BCUT2D eigenvalue weighted by atomic mass is 10.2. The van der Waals surface area contributed by atoms with Gasteiger partial charge in [-0.3, -0.25) is 4.68 Å². The molecule has 1 atom stereocenters. The molecule has 0 aliphatic heterocycles. The van der Waals surface area contributed by atoms with E-state index in [0.717, 1.165) is 4.47 Å². The Morgan fingerprint density at radius 2 is 2.33 bits per heavy atom. The van der Waals surface area contributed by atoms with Crippen molar-refractivity contribution in [2.45, 2.75) is 6.10 Å². The monoisotopic (exact) mass is 290 g/mol. The predicted octanol–water partition coefficient (Wildman–Crippen LogP) is 2.51. The molecule has 2 aromatic heterocycles. The van der Waals surface area contributed by atoms with Crippen molar-refractivity contribution in [2.75, 3.05) is 0 Å². The van der Waals surface area contributed by atoms with Crippen molar-refractivity contribution in [3.63, 3.8) is 0 Å². The van der Waals surface area contributed by atoms with Crippen molar-refractivity contribution in [2.24, 2.45) is 7.05 Å². The van der Waals surface area contributed by atoms with Crippen molar-refractivity contribution in [1.82, 2.24) is 9.78 Å². The molecule has 0 fully saturated rings. The smallest absolute Gasteiger partial charge is 0.193 e. The van der Waals surface area contributed by atoms with Crippen LogP contribution >= 0.6 is 27.5 Å². The highest BCUT2D eigenvalue weighted by atomic mass is 79.9. The largest absolute Gasteiger partial charge is 0.447 e. The van der Waals surface area contributed by atoms with E-state index in [1.54, 1.807) is 30.1 Å². The first-order valence-electron chi connectivity index (χ1n) is 4.20. The zero-order chi connectivity index (χ0) is 11.0. The third kappa shape index (κ3) is 1.95. The number of aromatic nitrogens is 2. The topological polar surface area (TPSA) is 51.2 Å². The summed E-state index contributed by atoms with van der Waals surface area (Å²) in [6.07, 6.45) is 0.739. The third-order valence-corrected chi connectivity index (χ3v) is 2.87. The molecule has 2 aromatic rings. The molecule has 15 heavy (non-hydrogen) atoms. The maximum atomic E-state index is 10.0. The van der Waals surface area contributed by atoms with Crippen LogP contribution in [-0.4, -0.2) is 14.9 Å². The van der Waals surface area contributed by atoms with Crippen molar-refractivity contribution in [3.05, 3.63) is 39.5 Å². The molecule has 4 nitrogen and oxygen atoms in total. The van der Waals surface area contributed by atoms with Gasteiger partial charge in [0.2, 0.25) is 0 Å². The summed E-state index contributed by atoms with van der Waals surface area (Å²) >= 11 is 8.94. The molecule has 2 heterocycles. The van der Waals surface area contributed by atoms with E-state index in [0.29, 0.717) is 11.5 Å². The summed E-state index contributed by atoms with van der Waals surface area (Å²) in [5.41, 5.74) is 0.626. The van der Waals surface area contributed by atoms with E-state index in [9.17, 15) is 5.11 Å². The average molecular weight is 292 g/mol. The van der Waals surface area contributed by atoms with Gasteiger partial charge in [0, 0.05) is 7.05 Å². The summed E-state index contributed by atoms with van der Waals surface area (Å²) in [6, 6.07) is 3.22. The molecule has 0 aliphatic rings. The first-order chi connectivity index (χ1) is 7.09. The number of hydrogen-bond acceptors (Lipinski definition) is 3. The van der Waals surface area contributed by atoms with Crippen LogP contribution in [-0.2, 0) is 7.05 Å². The number of rotatable bonds is 2. The van der Waals surface area contributed by atoms with Gasteiger partial charge in [-0.1, -0.05) is 0 Å². The molecule has 6 heteroatoms. The number of aryl methyl sites for hydroxylation is 1. The number of furan rings is 1. The SMILES string of the molecule is Cn1ncc(Br)c1C(O)c1ccc(Cl)o1. The summed E-state index contributed by atoms with van der Waals surface area (Å²) in [5.74, 6) is 0.393. The Morgan fingerprint density at radius 3 is 2.80 bits per heavy atom. The van der Waals surface area contributed by atoms with Crippen LogP contribution in [0.25, 0.3) is 0 Å². The fourth-order valence-electron chi connectivity index (χ4n) is 1.34. The summed E-state index contributed by atoms with van der Waals surface area (Å²) in [5, 5.41) is 14.3. The highest BCUT2D eigenvalue weighted by molar-refractivity contribution is 9.10. The number of halogens is 2. The molecule has 0 saturated heterocycles. The van der Waals surface area contributed by atoms with Gasteiger partial charge < -0.3 is 9.52 Å². The minimum atomic E-state index is -0.876. The average Bonchev–Trinajstić information content (AvgIpc) is 2.73. The van der Waals surface area contributed by atoms with Crippen LogP contribution in [0.1, 0.15) is 17.6 Å². The van der Waals surface area contributed by atoms with Crippen LogP contribution in [0, 0.1) is 0 Å². The first kappa shape index (κ1) is 10.7. The quantitative estimate of drug-likeness (QED) is 0.925. The third-order valence-electron chi connectivity index (χ3n) is 2.06. The summed E-state index contributed by atoms with van der Waals surface area (Å²) in [4.78, 5) is 0. The fraction of sp³-hybridized carbons (Fsp3) is 0.222. The number of aliphatic hydroxyl groups excluding tert-OH is 1. The first-order valence-corrected chi connectivity index (χ1v) is 5.37. The van der Waals surface area contributed by atoms with Gasteiger partial charge in [-0.05, 0) is 39.7 Å². The zero-order valence-electron chi connectivity index (χ0n) is 7.82. The van der Waals surface area contributed by atoms with Gasteiger partial charge in [0.25, 0.3) is 0 Å². The highest BCUT2D eigenvalue weighted by Gasteiger charge is 2.20. The highest BCUT2D eigenvalue weighted by Crippen LogP contribution is 2.29. The normalized spacial score (nSPS) is 13.1. The molecular weight excluding hydrogens is 283 g/mol. The zero-order valence-corrected chi connectivity index (χ0v) is 10.2. The minimum Gasteiger partial charge on any atom is -0.447 e. The summed E-state index contributed by atoms with van der Waals surface area (Å²) < 4.78 is 7.43. The van der Waals surface area contributed by atoms with Crippen molar-refractivity contribution < 1.29 is 9.52 Å². The molecule has 0 radical (unpaired) electrons. The van der Waals surface area contributed by atoms with Gasteiger partial charge >= 0.3 is 0 Å². The lowest BCUT2D eigenvalue weighted by Crippen LogP contribution is -2.06. The van der Waals surface area contributed by atoms with Crippen molar-refractivity contribution in [3.8, 4) is 0 Å². The molecule has 2 rings (SSSR count). The van der Waals surface area contributed by atoms with E-state index < -0.39 is 6.10 Å². The molecule has 1 N–H and O–H groups in total. The molecular formula is C9H8BrClN2O2. The van der Waals surface area contributed by atoms with Gasteiger partial charge in [0.05, 0.1) is 16.4 Å². The van der Waals surface area contributed by atoms with Gasteiger partial charge in [-0.2, -0.15) is 5.10 Å². The Bertz CT molecular complexity index is 461. The predicted molar refractivity (Wildman–Crippen MR) is 58.7 cm³/mol. The van der Waals surface area contributed by atoms with E-state index in [-0.39, 0.29) is 5.22 Å². The molecule has 0 saturated carbocycles. The van der Waals surface area contributed by atoms with E-state index in [4.69, 9.17) is 16.0 Å². The molecule has 0 aromatic carbocycles. The van der Waals surface area contributed by atoms with Crippen molar-refractivity contribution in [1.29, 1.82) is 0 Å². The van der Waals surface area contributed by atoms with Gasteiger partial charge in [0.1, 0.15) is 5.76 Å². The van der Waals surface area contributed by atoms with E-state index in [2.05, 4.69) is 21.0 Å². The number of aliphatic hydroxyl groups is 1. The second kappa shape index (κ2) is 4.00. The maximum Gasteiger partial charge on any atom is 0.193 e. The molecule has 0 aliphatic carbocycles. The Kier molecular flexibility index (Phi) is 2.86. The second-order valence-electron chi connectivity index (χ2n) is 3.05. The van der Waals surface area contributed by atoms with Gasteiger partial charge in [-0.15, -0.1) is 0 Å². The molecule has 80 valence electrons. The van der Waals surface area contributed by atoms with Crippen LogP contribution in [0.3, 0.4) is 0 Å². The maximum absolute atomic E-state index is 10.0. The Hall–Kier alpha value is -0.780. The van der Waals surface area contributed by atoms with Crippen LogP contribution in [0.5, 0.6) is 0 Å². The Morgan fingerprint density at radius 1 is 1.60 bits per heavy atom. The van der Waals surface area contributed by atoms with Crippen LogP contribution < -0.4 is 0 Å². The van der Waals surface area contributed by atoms with Crippen LogP contribution in [0.15, 0.2) is 27.2 Å². The second-order valence-corrected chi connectivity index (χ2v) is 4.27. The van der Waals surface area contributed by atoms with Crippen LogP contribution in [0.4, 0.5) is 0 Å². The molecule has 0 bridgehead atoms. The van der Waals surface area contributed by atoms with E-state index in [1.165, 1.54) is 0 Å². The van der Waals surface area contributed by atoms with E-state index >= 15 is 0 Å². The minimum absolute atomic E-state index is 0.252. The lowest BCUT2D eigenvalue weighted by Gasteiger charge is -2.08. The van der Waals surface area contributed by atoms with Gasteiger partial charge in [-0.25, -0.2) is 0 Å². The standard InChI is InChI=1S/C9H8BrClN2O2/c1-13-8(5(10)4-12-13)9(14)6-2-3-7(11)15-6/h2-4,9,14H,1H3. The molecule has 1 unspecified atom stereocenters. The Balaban J connectivity index is 2.40. The Labute approximate surface area is 99.6 Å². The summed E-state index contributed by atoms with van der Waals surface area (Å²) in [7, 11) is 1.74. The number of nitrogens with zero attached hydrogens (tertiary/aromatic N) is 2. The van der Waals surface area contributed by atoms with Gasteiger partial charge in [0.15, 0.2) is 11.3 Å². The fourth-order valence-corrected chi connectivity index (χ4v) is 2.05.